The van der Waals surface area contributed by atoms with Gasteiger partial charge in [0.25, 0.3) is 0 Å². The maximum absolute atomic E-state index is 14.7. The van der Waals surface area contributed by atoms with E-state index >= 15 is 0 Å². The first-order valence-electron chi connectivity index (χ1n) is 9.92. The second-order valence-electron chi connectivity index (χ2n) is 7.32. The largest absolute Gasteiger partial charge is 0.324 e. The summed E-state index contributed by atoms with van der Waals surface area (Å²) in [6.45, 7) is 0.615. The first-order valence-corrected chi connectivity index (χ1v) is 11.7. The van der Waals surface area contributed by atoms with Gasteiger partial charge in [-0.1, -0.05) is 78.9 Å². The summed E-state index contributed by atoms with van der Waals surface area (Å²) in [5, 5.41) is 1.61. The maximum Gasteiger partial charge on any atom is 0.324 e. The molecule has 148 valence electrons. The quantitative estimate of drug-likeness (QED) is 0.593. The molecule has 2 amide bonds. The van der Waals surface area contributed by atoms with Crippen molar-refractivity contribution in [1.29, 1.82) is 0 Å². The molecule has 0 radical (unpaired) electrons. The molecule has 1 fully saturated rings. The summed E-state index contributed by atoms with van der Waals surface area (Å²) in [6.07, 6.45) is 1.58. The number of carbonyl (C=O) groups excluding carboxylic acids is 1. The van der Waals surface area contributed by atoms with Crippen LogP contribution in [0.1, 0.15) is 12.8 Å². The molecule has 3 aromatic rings. The summed E-state index contributed by atoms with van der Waals surface area (Å²) in [7, 11) is -1.25. The van der Waals surface area contributed by atoms with E-state index in [1.807, 2.05) is 95.9 Å². The number of anilines is 1. The Bertz CT molecular complexity index is 965. The van der Waals surface area contributed by atoms with E-state index in [-0.39, 0.29) is 11.8 Å². The first kappa shape index (κ1) is 19.5. The summed E-state index contributed by atoms with van der Waals surface area (Å²) >= 11 is 0. The number of carbonyl (C=O) groups is 1. The Morgan fingerprint density at radius 1 is 0.862 bits per heavy atom. The zero-order valence-electron chi connectivity index (χ0n) is 16.5. The molecule has 29 heavy (non-hydrogen) atoms. The maximum atomic E-state index is 14.7. The third-order valence-corrected chi connectivity index (χ3v) is 9.10. The van der Waals surface area contributed by atoms with E-state index < -0.39 is 7.14 Å². The molecule has 0 N–H and O–H groups in total. The van der Waals surface area contributed by atoms with Gasteiger partial charge < -0.3 is 9.46 Å². The van der Waals surface area contributed by atoms with Crippen LogP contribution in [-0.4, -0.2) is 30.3 Å². The Balaban J connectivity index is 1.75. The van der Waals surface area contributed by atoms with Crippen molar-refractivity contribution in [3.63, 3.8) is 0 Å². The summed E-state index contributed by atoms with van der Waals surface area (Å²) in [5.74, 6) is -0.342. The Kier molecular flexibility index (Phi) is 5.55. The molecule has 1 aliphatic rings. The minimum atomic E-state index is -3.03. The van der Waals surface area contributed by atoms with Gasteiger partial charge in [0.1, 0.15) is 0 Å². The van der Waals surface area contributed by atoms with E-state index in [9.17, 15) is 9.36 Å². The standard InChI is InChI=1S/C24H25N2O2P/c1-25(20-12-5-2-6-13-20)24(27)26-19-11-18-23(26)29(28,21-14-7-3-8-15-21)22-16-9-4-10-17-22/h2-10,12-17,23H,11,18-19H2,1H3. The number of amides is 2. The highest BCUT2D eigenvalue weighted by molar-refractivity contribution is 7.79. The van der Waals surface area contributed by atoms with Crippen LogP contribution in [0.2, 0.25) is 0 Å². The minimum Gasteiger partial charge on any atom is -0.314 e. The Morgan fingerprint density at radius 3 is 1.86 bits per heavy atom. The molecule has 0 aromatic heterocycles. The molecule has 0 spiro atoms. The lowest BCUT2D eigenvalue weighted by molar-refractivity contribution is 0.212. The van der Waals surface area contributed by atoms with Crippen molar-refractivity contribution in [3.8, 4) is 0 Å². The highest BCUT2D eigenvalue weighted by atomic mass is 31.2. The van der Waals surface area contributed by atoms with Crippen LogP contribution in [0.5, 0.6) is 0 Å². The fourth-order valence-corrected chi connectivity index (χ4v) is 7.47. The van der Waals surface area contributed by atoms with Gasteiger partial charge in [-0.3, -0.25) is 4.90 Å². The third kappa shape index (κ3) is 3.61. The van der Waals surface area contributed by atoms with Gasteiger partial charge >= 0.3 is 6.03 Å². The Hall–Kier alpha value is -2.84. The number of hydrogen-bond donors (Lipinski definition) is 0. The molecule has 1 atom stereocenters. The first-order chi connectivity index (χ1) is 14.1. The minimum absolute atomic E-state index is 0.106. The van der Waals surface area contributed by atoms with Crippen molar-refractivity contribution < 1.29 is 9.36 Å². The van der Waals surface area contributed by atoms with Crippen molar-refractivity contribution in [3.05, 3.63) is 91.0 Å². The molecule has 3 aromatic carbocycles. The zero-order valence-corrected chi connectivity index (χ0v) is 17.4. The fraction of sp³-hybridized carbons (Fsp3) is 0.208. The summed E-state index contributed by atoms with van der Waals surface area (Å²) in [5.41, 5.74) is 0.831. The van der Waals surface area contributed by atoms with E-state index in [0.717, 1.165) is 29.1 Å². The van der Waals surface area contributed by atoms with Crippen LogP contribution in [-0.2, 0) is 4.57 Å². The average molecular weight is 404 g/mol. The smallest absolute Gasteiger partial charge is 0.314 e. The number of urea groups is 1. The van der Waals surface area contributed by atoms with Gasteiger partial charge in [-0.25, -0.2) is 4.79 Å². The van der Waals surface area contributed by atoms with Crippen molar-refractivity contribution in [2.24, 2.45) is 0 Å². The fourth-order valence-electron chi connectivity index (χ4n) is 4.10. The Labute approximate surface area is 172 Å². The molecule has 1 saturated heterocycles. The van der Waals surface area contributed by atoms with E-state index in [4.69, 9.17) is 0 Å². The van der Waals surface area contributed by atoms with Gasteiger partial charge in [0.05, 0.1) is 5.78 Å². The number of hydrogen-bond acceptors (Lipinski definition) is 2. The van der Waals surface area contributed by atoms with Crippen LogP contribution in [0, 0.1) is 0 Å². The average Bonchev–Trinajstić information content (AvgIpc) is 3.30. The molecule has 4 nitrogen and oxygen atoms in total. The topological polar surface area (TPSA) is 40.6 Å². The summed E-state index contributed by atoms with van der Waals surface area (Å²) < 4.78 is 14.7. The Morgan fingerprint density at radius 2 is 1.34 bits per heavy atom. The van der Waals surface area contributed by atoms with E-state index in [1.54, 1.807) is 11.9 Å². The number of nitrogens with zero attached hydrogens (tertiary/aromatic N) is 2. The predicted octanol–water partition coefficient (Wildman–Crippen LogP) is 4.68. The van der Waals surface area contributed by atoms with E-state index in [1.165, 1.54) is 0 Å². The van der Waals surface area contributed by atoms with Crippen LogP contribution in [0.3, 0.4) is 0 Å². The molecule has 0 bridgehead atoms. The predicted molar refractivity (Wildman–Crippen MR) is 120 cm³/mol. The van der Waals surface area contributed by atoms with Crippen molar-refractivity contribution >= 4 is 29.5 Å². The second-order valence-corrected chi connectivity index (χ2v) is 10.3. The highest BCUT2D eigenvalue weighted by Crippen LogP contribution is 2.53. The molecule has 5 heteroatoms. The van der Waals surface area contributed by atoms with Gasteiger partial charge in [0.2, 0.25) is 0 Å². The highest BCUT2D eigenvalue weighted by Gasteiger charge is 2.45. The van der Waals surface area contributed by atoms with Crippen LogP contribution in [0.25, 0.3) is 0 Å². The van der Waals surface area contributed by atoms with Gasteiger partial charge in [-0.05, 0) is 25.0 Å². The van der Waals surface area contributed by atoms with Crippen LogP contribution in [0.15, 0.2) is 91.0 Å². The summed E-state index contributed by atoms with van der Waals surface area (Å²) in [4.78, 5) is 16.9. The lowest BCUT2D eigenvalue weighted by Gasteiger charge is -2.35. The van der Waals surface area contributed by atoms with Gasteiger partial charge in [0.15, 0.2) is 7.14 Å². The SMILES string of the molecule is CN(C(=O)N1CCCC1P(=O)(c1ccccc1)c1ccccc1)c1ccccc1. The van der Waals surface area contributed by atoms with Gasteiger partial charge in [-0.15, -0.1) is 0 Å². The monoisotopic (exact) mass is 404 g/mol. The number of likely N-dealkylation sites (tertiary alicyclic amines) is 1. The summed E-state index contributed by atoms with van der Waals surface area (Å²) in [6, 6.07) is 28.7. The number of rotatable bonds is 4. The lowest BCUT2D eigenvalue weighted by Crippen LogP contribution is -2.46. The van der Waals surface area contributed by atoms with Gasteiger partial charge in [0, 0.05) is 29.9 Å². The number of benzene rings is 3. The molecule has 1 unspecified atom stereocenters. The van der Waals surface area contributed by atoms with Crippen LogP contribution < -0.4 is 15.5 Å². The molecule has 1 heterocycles. The van der Waals surface area contributed by atoms with Crippen molar-refractivity contribution in [1.82, 2.24) is 4.90 Å². The van der Waals surface area contributed by atoms with E-state index in [2.05, 4.69) is 0 Å². The van der Waals surface area contributed by atoms with Crippen LogP contribution in [0.4, 0.5) is 10.5 Å². The zero-order chi connectivity index (χ0) is 20.3. The molecule has 0 aliphatic carbocycles. The van der Waals surface area contributed by atoms with Crippen LogP contribution >= 0.6 is 7.14 Å². The molecule has 1 aliphatic heterocycles. The number of para-hydroxylation sites is 1. The molecule has 4 rings (SSSR count). The lowest BCUT2D eigenvalue weighted by atomic mass is 10.3. The van der Waals surface area contributed by atoms with Crippen molar-refractivity contribution in [2.45, 2.75) is 18.6 Å². The molecular weight excluding hydrogens is 379 g/mol. The molecule has 0 saturated carbocycles. The third-order valence-electron chi connectivity index (χ3n) is 5.60. The van der Waals surface area contributed by atoms with E-state index in [0.29, 0.717) is 6.54 Å². The van der Waals surface area contributed by atoms with Crippen molar-refractivity contribution in [2.75, 3.05) is 18.5 Å². The van der Waals surface area contributed by atoms with Gasteiger partial charge in [-0.2, -0.15) is 0 Å². The second kappa shape index (κ2) is 8.26. The molecular formula is C24H25N2O2P. The normalized spacial score (nSPS) is 16.6.